The van der Waals surface area contributed by atoms with Crippen molar-refractivity contribution in [2.45, 2.75) is 45.7 Å². The zero-order valence-corrected chi connectivity index (χ0v) is 13.0. The summed E-state index contributed by atoms with van der Waals surface area (Å²) in [5, 5.41) is 7.08. The van der Waals surface area contributed by atoms with E-state index in [1.807, 2.05) is 6.92 Å². The summed E-state index contributed by atoms with van der Waals surface area (Å²) < 4.78 is 0. The summed E-state index contributed by atoms with van der Waals surface area (Å²) in [4.78, 5) is 12.0. The first-order chi connectivity index (χ1) is 8.97. The third kappa shape index (κ3) is 4.92. The lowest BCUT2D eigenvalue weighted by Gasteiger charge is -2.20. The highest BCUT2D eigenvalue weighted by molar-refractivity contribution is 6.42. The van der Waals surface area contributed by atoms with Gasteiger partial charge in [0, 0.05) is 11.7 Å². The van der Waals surface area contributed by atoms with Gasteiger partial charge >= 0.3 is 0 Å². The Labute approximate surface area is 124 Å². The molecule has 1 unspecified atom stereocenters. The highest BCUT2D eigenvalue weighted by Gasteiger charge is 2.15. The molecule has 0 heterocycles. The fourth-order valence-electron chi connectivity index (χ4n) is 1.72. The monoisotopic (exact) mass is 302 g/mol. The lowest BCUT2D eigenvalue weighted by atomic mass is 10.1. The molecular weight excluding hydrogens is 283 g/mol. The van der Waals surface area contributed by atoms with Crippen LogP contribution in [0.3, 0.4) is 0 Å². The Kier molecular flexibility index (Phi) is 6.46. The van der Waals surface area contributed by atoms with E-state index < -0.39 is 0 Å². The van der Waals surface area contributed by atoms with E-state index in [1.54, 1.807) is 18.2 Å². The van der Waals surface area contributed by atoms with Crippen molar-refractivity contribution in [3.8, 4) is 0 Å². The second-order valence-corrected chi connectivity index (χ2v) is 5.33. The number of hydrogen-bond donors (Lipinski definition) is 2. The van der Waals surface area contributed by atoms with Gasteiger partial charge in [0.05, 0.1) is 10.0 Å². The fraction of sp³-hybridized carbons (Fsp3) is 0.500. The van der Waals surface area contributed by atoms with Crippen molar-refractivity contribution < 1.29 is 4.79 Å². The molecule has 1 amide bonds. The van der Waals surface area contributed by atoms with E-state index in [2.05, 4.69) is 24.5 Å². The van der Waals surface area contributed by atoms with E-state index in [-0.39, 0.29) is 18.0 Å². The van der Waals surface area contributed by atoms with Gasteiger partial charge in [-0.2, -0.15) is 0 Å². The van der Waals surface area contributed by atoms with Crippen molar-refractivity contribution in [2.75, 3.05) is 5.32 Å². The Hall–Kier alpha value is -0.930. The molecule has 106 valence electrons. The van der Waals surface area contributed by atoms with Gasteiger partial charge in [-0.3, -0.25) is 4.79 Å². The number of amides is 1. The van der Waals surface area contributed by atoms with Crippen LogP contribution < -0.4 is 10.6 Å². The molecule has 19 heavy (non-hydrogen) atoms. The molecule has 1 atom stereocenters. The molecule has 1 aromatic carbocycles. The van der Waals surface area contributed by atoms with Gasteiger partial charge in [-0.05, 0) is 38.0 Å². The van der Waals surface area contributed by atoms with E-state index in [0.717, 1.165) is 18.5 Å². The predicted octanol–water partition coefficient (Wildman–Crippen LogP) is 4.10. The number of hydrogen-bond acceptors (Lipinski definition) is 2. The Morgan fingerprint density at radius 2 is 1.84 bits per heavy atom. The van der Waals surface area contributed by atoms with Crippen LogP contribution in [0.5, 0.6) is 0 Å². The SMILES string of the molecule is CCC(CC)NC(=O)C(C)Nc1ccc(Cl)c(Cl)c1. The lowest BCUT2D eigenvalue weighted by molar-refractivity contribution is -0.122. The van der Waals surface area contributed by atoms with Crippen molar-refractivity contribution in [1.82, 2.24) is 5.32 Å². The standard InChI is InChI=1S/C14H20Cl2N2O/c1-4-10(5-2)18-14(19)9(3)17-11-6-7-12(15)13(16)8-11/h6-10,17H,4-5H2,1-3H3,(H,18,19). The van der Waals surface area contributed by atoms with Crippen molar-refractivity contribution in [1.29, 1.82) is 0 Å². The molecule has 3 nitrogen and oxygen atoms in total. The van der Waals surface area contributed by atoms with E-state index in [9.17, 15) is 4.79 Å². The molecule has 5 heteroatoms. The molecule has 0 aliphatic carbocycles. The molecule has 0 fully saturated rings. The summed E-state index contributed by atoms with van der Waals surface area (Å²) in [7, 11) is 0. The topological polar surface area (TPSA) is 41.1 Å². The van der Waals surface area contributed by atoms with Crippen LogP contribution in [0, 0.1) is 0 Å². The summed E-state index contributed by atoms with van der Waals surface area (Å²) >= 11 is 11.8. The highest BCUT2D eigenvalue weighted by atomic mass is 35.5. The third-order valence-electron chi connectivity index (χ3n) is 3.03. The minimum atomic E-state index is -0.321. The van der Waals surface area contributed by atoms with Gasteiger partial charge in [0.1, 0.15) is 6.04 Å². The van der Waals surface area contributed by atoms with Crippen molar-refractivity contribution >= 4 is 34.8 Å². The molecule has 1 rings (SSSR count). The number of carbonyl (C=O) groups excluding carboxylic acids is 1. The quantitative estimate of drug-likeness (QED) is 0.830. The first-order valence-electron chi connectivity index (χ1n) is 6.49. The van der Waals surface area contributed by atoms with Crippen LogP contribution in [-0.4, -0.2) is 18.0 Å². The molecular formula is C14H20Cl2N2O. The van der Waals surface area contributed by atoms with Gasteiger partial charge < -0.3 is 10.6 Å². The Morgan fingerprint density at radius 3 is 2.37 bits per heavy atom. The minimum absolute atomic E-state index is 0.0141. The van der Waals surface area contributed by atoms with E-state index in [0.29, 0.717) is 10.0 Å². The van der Waals surface area contributed by atoms with Crippen LogP contribution in [0.25, 0.3) is 0 Å². The molecule has 0 radical (unpaired) electrons. The Balaban J connectivity index is 2.60. The average molecular weight is 303 g/mol. The molecule has 0 bridgehead atoms. The Morgan fingerprint density at radius 1 is 1.21 bits per heavy atom. The molecule has 0 spiro atoms. The van der Waals surface area contributed by atoms with Crippen molar-refractivity contribution in [3.05, 3.63) is 28.2 Å². The fourth-order valence-corrected chi connectivity index (χ4v) is 2.02. The summed E-state index contributed by atoms with van der Waals surface area (Å²) in [5.74, 6) is -0.0141. The lowest BCUT2D eigenvalue weighted by Crippen LogP contribution is -2.42. The largest absolute Gasteiger partial charge is 0.374 e. The van der Waals surface area contributed by atoms with Crippen LogP contribution in [0.1, 0.15) is 33.6 Å². The smallest absolute Gasteiger partial charge is 0.242 e. The minimum Gasteiger partial charge on any atom is -0.374 e. The van der Waals surface area contributed by atoms with Crippen molar-refractivity contribution in [2.24, 2.45) is 0 Å². The van der Waals surface area contributed by atoms with E-state index >= 15 is 0 Å². The van der Waals surface area contributed by atoms with Gasteiger partial charge in [0.15, 0.2) is 0 Å². The molecule has 0 aromatic heterocycles. The number of halogens is 2. The molecule has 0 aliphatic rings. The van der Waals surface area contributed by atoms with Crippen molar-refractivity contribution in [3.63, 3.8) is 0 Å². The summed E-state index contributed by atoms with van der Waals surface area (Å²) in [6.45, 7) is 5.94. The number of benzene rings is 1. The number of carbonyl (C=O) groups is 1. The van der Waals surface area contributed by atoms with Crippen LogP contribution in [0.2, 0.25) is 10.0 Å². The second-order valence-electron chi connectivity index (χ2n) is 4.52. The maximum absolute atomic E-state index is 12.0. The van der Waals surface area contributed by atoms with Crippen LogP contribution in [0.4, 0.5) is 5.69 Å². The normalized spacial score (nSPS) is 12.3. The zero-order chi connectivity index (χ0) is 14.4. The maximum Gasteiger partial charge on any atom is 0.242 e. The van der Waals surface area contributed by atoms with Gasteiger partial charge in [-0.15, -0.1) is 0 Å². The third-order valence-corrected chi connectivity index (χ3v) is 3.77. The van der Waals surface area contributed by atoms with Gasteiger partial charge in [0.2, 0.25) is 5.91 Å². The number of nitrogens with one attached hydrogen (secondary N) is 2. The van der Waals surface area contributed by atoms with Crippen LogP contribution in [0.15, 0.2) is 18.2 Å². The predicted molar refractivity (Wildman–Crippen MR) is 82.1 cm³/mol. The van der Waals surface area contributed by atoms with Crippen LogP contribution in [-0.2, 0) is 4.79 Å². The van der Waals surface area contributed by atoms with Gasteiger partial charge in [0.25, 0.3) is 0 Å². The number of anilines is 1. The summed E-state index contributed by atoms with van der Waals surface area (Å²) in [6.07, 6.45) is 1.86. The van der Waals surface area contributed by atoms with E-state index in [4.69, 9.17) is 23.2 Å². The maximum atomic E-state index is 12.0. The highest BCUT2D eigenvalue weighted by Crippen LogP contribution is 2.25. The molecule has 0 aliphatic heterocycles. The molecule has 0 saturated carbocycles. The molecule has 0 saturated heterocycles. The molecule has 2 N–H and O–H groups in total. The first-order valence-corrected chi connectivity index (χ1v) is 7.25. The second kappa shape index (κ2) is 7.61. The molecule has 1 aromatic rings. The average Bonchev–Trinajstić information content (AvgIpc) is 2.39. The summed E-state index contributed by atoms with van der Waals surface area (Å²) in [6, 6.07) is 5.13. The zero-order valence-electron chi connectivity index (χ0n) is 11.5. The van der Waals surface area contributed by atoms with Gasteiger partial charge in [-0.25, -0.2) is 0 Å². The summed E-state index contributed by atoms with van der Waals surface area (Å²) in [5.41, 5.74) is 0.779. The number of rotatable bonds is 6. The first kappa shape index (κ1) is 16.1. The van der Waals surface area contributed by atoms with E-state index in [1.165, 1.54) is 0 Å². The van der Waals surface area contributed by atoms with Crippen LogP contribution >= 0.6 is 23.2 Å². The Bertz CT molecular complexity index is 433. The van der Waals surface area contributed by atoms with Gasteiger partial charge in [-0.1, -0.05) is 37.0 Å².